The second-order valence-corrected chi connectivity index (χ2v) is 4.30. The zero-order chi connectivity index (χ0) is 12.3. The minimum Gasteiger partial charge on any atom is -0.467 e. The summed E-state index contributed by atoms with van der Waals surface area (Å²) in [6, 6.07) is 3.05. The molecule has 0 aliphatic heterocycles. The number of carbonyl (C=O) groups is 2. The summed E-state index contributed by atoms with van der Waals surface area (Å²) in [5, 5.41) is 5.39. The quantitative estimate of drug-likeness (QED) is 0.794. The Morgan fingerprint density at radius 2 is 2.29 bits per heavy atom. The molecule has 5 nitrogen and oxygen atoms in total. The molecule has 0 saturated heterocycles. The van der Waals surface area contributed by atoms with Crippen LogP contribution in [0.25, 0.3) is 0 Å². The summed E-state index contributed by atoms with van der Waals surface area (Å²) in [6.45, 7) is 2.02. The predicted molar refractivity (Wildman–Crippen MR) is 60.9 cm³/mol. The third-order valence-electron chi connectivity index (χ3n) is 2.72. The zero-order valence-electron chi connectivity index (χ0n) is 9.73. The van der Waals surface area contributed by atoms with Crippen LogP contribution in [0.1, 0.15) is 25.5 Å². The first kappa shape index (κ1) is 11.7. The Morgan fingerprint density at radius 3 is 2.88 bits per heavy atom. The van der Waals surface area contributed by atoms with E-state index in [1.165, 1.54) is 0 Å². The monoisotopic (exact) mass is 236 g/mol. The summed E-state index contributed by atoms with van der Waals surface area (Å²) in [6.07, 6.45) is 3.43. The maximum atomic E-state index is 11.6. The van der Waals surface area contributed by atoms with Crippen molar-refractivity contribution >= 4 is 11.8 Å². The van der Waals surface area contributed by atoms with E-state index in [4.69, 9.17) is 4.42 Å². The molecule has 2 N–H and O–H groups in total. The van der Waals surface area contributed by atoms with Gasteiger partial charge in [-0.1, -0.05) is 0 Å². The van der Waals surface area contributed by atoms with Crippen LogP contribution in [0.4, 0.5) is 0 Å². The zero-order valence-corrected chi connectivity index (χ0v) is 9.73. The second kappa shape index (κ2) is 5.03. The molecule has 1 saturated carbocycles. The topological polar surface area (TPSA) is 71.3 Å². The van der Waals surface area contributed by atoms with Gasteiger partial charge < -0.3 is 15.1 Å². The molecule has 1 fully saturated rings. The Bertz CT molecular complexity index is 396. The molecule has 1 atom stereocenters. The molecule has 1 aromatic rings. The van der Waals surface area contributed by atoms with Gasteiger partial charge in [0.15, 0.2) is 0 Å². The first-order valence-electron chi connectivity index (χ1n) is 5.77. The minimum absolute atomic E-state index is 0.0225. The number of hydrogen-bond donors (Lipinski definition) is 2. The van der Waals surface area contributed by atoms with Crippen molar-refractivity contribution in [2.45, 2.75) is 32.4 Å². The number of carbonyl (C=O) groups excluding carboxylic acids is 2. The molecule has 0 unspecified atom stereocenters. The van der Waals surface area contributed by atoms with E-state index in [0.717, 1.165) is 12.8 Å². The van der Waals surface area contributed by atoms with Crippen LogP contribution in [-0.4, -0.2) is 17.9 Å². The van der Waals surface area contributed by atoms with E-state index in [-0.39, 0.29) is 17.7 Å². The molecule has 0 radical (unpaired) electrons. The standard InChI is InChI=1S/C12H16N2O3/c1-8(14-12(16)9-4-5-9)11(15)13-7-10-3-2-6-17-10/h2-3,6,8-9H,4-5,7H2,1H3,(H,13,15)(H,14,16)/t8-/m0/s1. The molecule has 5 heteroatoms. The van der Waals surface area contributed by atoms with Crippen molar-refractivity contribution in [3.8, 4) is 0 Å². The summed E-state index contributed by atoms with van der Waals surface area (Å²) in [7, 11) is 0. The Morgan fingerprint density at radius 1 is 1.53 bits per heavy atom. The van der Waals surface area contributed by atoms with Gasteiger partial charge in [-0.15, -0.1) is 0 Å². The number of furan rings is 1. The third-order valence-corrected chi connectivity index (χ3v) is 2.72. The van der Waals surface area contributed by atoms with Crippen LogP contribution in [0.15, 0.2) is 22.8 Å². The van der Waals surface area contributed by atoms with E-state index in [0.29, 0.717) is 12.3 Å². The molecule has 0 bridgehead atoms. The van der Waals surface area contributed by atoms with E-state index in [9.17, 15) is 9.59 Å². The van der Waals surface area contributed by atoms with Crippen molar-refractivity contribution in [1.82, 2.24) is 10.6 Å². The summed E-state index contributed by atoms with van der Waals surface area (Å²) >= 11 is 0. The number of nitrogens with one attached hydrogen (secondary N) is 2. The van der Waals surface area contributed by atoms with E-state index in [2.05, 4.69) is 10.6 Å². The molecule has 0 aromatic carbocycles. The van der Waals surface area contributed by atoms with Crippen molar-refractivity contribution in [1.29, 1.82) is 0 Å². The van der Waals surface area contributed by atoms with Gasteiger partial charge in [0, 0.05) is 5.92 Å². The number of hydrogen-bond acceptors (Lipinski definition) is 3. The van der Waals surface area contributed by atoms with Crippen LogP contribution in [0.2, 0.25) is 0 Å². The average molecular weight is 236 g/mol. The smallest absolute Gasteiger partial charge is 0.242 e. The minimum atomic E-state index is -0.502. The molecular formula is C12H16N2O3. The predicted octanol–water partition coefficient (Wildman–Crippen LogP) is 0.810. The fourth-order valence-corrected chi connectivity index (χ4v) is 1.48. The maximum absolute atomic E-state index is 11.6. The highest BCUT2D eigenvalue weighted by Gasteiger charge is 2.31. The average Bonchev–Trinajstić information content (AvgIpc) is 3.04. The van der Waals surface area contributed by atoms with Gasteiger partial charge in [0.05, 0.1) is 12.8 Å². The van der Waals surface area contributed by atoms with Gasteiger partial charge in [0.2, 0.25) is 11.8 Å². The Labute approximate surface area is 99.6 Å². The Hall–Kier alpha value is -1.78. The molecule has 2 amide bonds. The van der Waals surface area contributed by atoms with Crippen LogP contribution >= 0.6 is 0 Å². The van der Waals surface area contributed by atoms with Gasteiger partial charge in [-0.3, -0.25) is 9.59 Å². The van der Waals surface area contributed by atoms with Crippen LogP contribution in [0, 0.1) is 5.92 Å². The highest BCUT2D eigenvalue weighted by atomic mass is 16.3. The van der Waals surface area contributed by atoms with Crippen molar-refractivity contribution in [2.24, 2.45) is 5.92 Å². The highest BCUT2D eigenvalue weighted by Crippen LogP contribution is 2.28. The van der Waals surface area contributed by atoms with Crippen LogP contribution in [0.5, 0.6) is 0 Å². The largest absolute Gasteiger partial charge is 0.467 e. The fourth-order valence-electron chi connectivity index (χ4n) is 1.48. The molecule has 1 aliphatic rings. The molecule has 1 aromatic heterocycles. The summed E-state index contributed by atoms with van der Waals surface area (Å²) in [5.74, 6) is 0.593. The molecule has 17 heavy (non-hydrogen) atoms. The van der Waals surface area contributed by atoms with Crippen molar-refractivity contribution in [3.05, 3.63) is 24.2 Å². The molecule has 0 spiro atoms. The lowest BCUT2D eigenvalue weighted by Crippen LogP contribution is -2.45. The van der Waals surface area contributed by atoms with Crippen molar-refractivity contribution in [3.63, 3.8) is 0 Å². The summed E-state index contributed by atoms with van der Waals surface area (Å²) < 4.78 is 5.09. The summed E-state index contributed by atoms with van der Waals surface area (Å²) in [5.41, 5.74) is 0. The molecule has 2 rings (SSSR count). The van der Waals surface area contributed by atoms with E-state index in [1.54, 1.807) is 25.3 Å². The summed E-state index contributed by atoms with van der Waals surface area (Å²) in [4.78, 5) is 23.1. The molecular weight excluding hydrogens is 220 g/mol. The lowest BCUT2D eigenvalue weighted by atomic mass is 10.2. The number of amides is 2. The Kier molecular flexibility index (Phi) is 3.46. The Balaban J connectivity index is 1.72. The fraction of sp³-hybridized carbons (Fsp3) is 0.500. The maximum Gasteiger partial charge on any atom is 0.242 e. The first-order valence-corrected chi connectivity index (χ1v) is 5.77. The highest BCUT2D eigenvalue weighted by molar-refractivity contribution is 5.88. The SMILES string of the molecule is C[C@H](NC(=O)C1CC1)C(=O)NCc1ccco1. The third kappa shape index (κ3) is 3.34. The van der Waals surface area contributed by atoms with Crippen LogP contribution in [0.3, 0.4) is 0 Å². The van der Waals surface area contributed by atoms with Gasteiger partial charge in [-0.2, -0.15) is 0 Å². The van der Waals surface area contributed by atoms with Gasteiger partial charge in [-0.25, -0.2) is 0 Å². The van der Waals surface area contributed by atoms with Gasteiger partial charge in [0.25, 0.3) is 0 Å². The van der Waals surface area contributed by atoms with Crippen LogP contribution in [-0.2, 0) is 16.1 Å². The molecule has 92 valence electrons. The van der Waals surface area contributed by atoms with E-state index < -0.39 is 6.04 Å². The first-order chi connectivity index (χ1) is 8.16. The van der Waals surface area contributed by atoms with Crippen molar-refractivity contribution in [2.75, 3.05) is 0 Å². The van der Waals surface area contributed by atoms with Crippen LogP contribution < -0.4 is 10.6 Å². The van der Waals surface area contributed by atoms with Gasteiger partial charge in [0.1, 0.15) is 11.8 Å². The van der Waals surface area contributed by atoms with Crippen molar-refractivity contribution < 1.29 is 14.0 Å². The van der Waals surface area contributed by atoms with E-state index in [1.807, 2.05) is 0 Å². The lowest BCUT2D eigenvalue weighted by molar-refractivity contribution is -0.129. The second-order valence-electron chi connectivity index (χ2n) is 4.30. The van der Waals surface area contributed by atoms with Gasteiger partial charge >= 0.3 is 0 Å². The number of rotatable bonds is 5. The normalized spacial score (nSPS) is 16.3. The van der Waals surface area contributed by atoms with Gasteiger partial charge in [-0.05, 0) is 31.9 Å². The lowest BCUT2D eigenvalue weighted by Gasteiger charge is -2.13. The van der Waals surface area contributed by atoms with E-state index >= 15 is 0 Å². The molecule has 1 heterocycles. The molecule has 1 aliphatic carbocycles.